The molecule has 0 amide bonds. The van der Waals surface area contributed by atoms with Crippen LogP contribution in [0.4, 0.5) is 4.79 Å². The molecule has 0 fully saturated rings. The summed E-state index contributed by atoms with van der Waals surface area (Å²) >= 11 is 0. The Bertz CT molecular complexity index is 1040. The van der Waals surface area contributed by atoms with Crippen LogP contribution in [0.5, 0.6) is 5.88 Å². The quantitative estimate of drug-likeness (QED) is 0.234. The van der Waals surface area contributed by atoms with Gasteiger partial charge in [0, 0.05) is 12.7 Å². The minimum Gasteiger partial charge on any atom is -0.441 e. The summed E-state index contributed by atoms with van der Waals surface area (Å²) < 4.78 is 28.1. The Morgan fingerprint density at radius 1 is 1.06 bits per heavy atom. The number of hydrogen-bond donors (Lipinski definition) is 0. The SMILES string of the molecule is CCc1c(C(C)CC)nc2nc3ccccc3n2c1OCOC(=O)OCCOCCOC. The second kappa shape index (κ2) is 11.6. The van der Waals surface area contributed by atoms with Gasteiger partial charge in [0.2, 0.25) is 18.5 Å². The Balaban J connectivity index is 1.76. The number of ether oxygens (including phenoxy) is 5. The standard InChI is InChI=1S/C23H31N3O6/c1-5-16(3)20-17(6-2)21(26-19-10-8-7-9-18(19)24-22(26)25-20)31-15-32-23(27)30-14-13-29-12-11-28-4/h7-10,16H,5-6,11-15H2,1-4H3. The fourth-order valence-corrected chi connectivity index (χ4v) is 3.40. The zero-order valence-corrected chi connectivity index (χ0v) is 19.1. The number of para-hydroxylation sites is 2. The average Bonchev–Trinajstić information content (AvgIpc) is 3.18. The van der Waals surface area contributed by atoms with Gasteiger partial charge in [-0.1, -0.05) is 32.9 Å². The molecule has 32 heavy (non-hydrogen) atoms. The van der Waals surface area contributed by atoms with Crippen LogP contribution in [0.1, 0.15) is 44.4 Å². The van der Waals surface area contributed by atoms with Gasteiger partial charge in [-0.25, -0.2) is 19.2 Å². The Labute approximate surface area is 187 Å². The lowest BCUT2D eigenvalue weighted by atomic mass is 9.99. The molecule has 0 radical (unpaired) electrons. The van der Waals surface area contributed by atoms with Gasteiger partial charge < -0.3 is 23.7 Å². The van der Waals surface area contributed by atoms with Crippen molar-refractivity contribution < 1.29 is 28.5 Å². The molecule has 0 aliphatic carbocycles. The smallest absolute Gasteiger partial charge is 0.441 e. The first-order valence-corrected chi connectivity index (χ1v) is 10.9. The number of benzene rings is 1. The monoisotopic (exact) mass is 445 g/mol. The van der Waals surface area contributed by atoms with E-state index in [2.05, 4.69) is 25.8 Å². The summed E-state index contributed by atoms with van der Waals surface area (Å²) in [5.41, 5.74) is 3.62. The van der Waals surface area contributed by atoms with Gasteiger partial charge in [0.15, 0.2) is 0 Å². The van der Waals surface area contributed by atoms with Crippen molar-refractivity contribution >= 4 is 23.0 Å². The average molecular weight is 446 g/mol. The summed E-state index contributed by atoms with van der Waals surface area (Å²) in [6.45, 7) is 7.30. The highest BCUT2D eigenvalue weighted by molar-refractivity contribution is 5.80. The molecule has 1 atom stereocenters. The first-order chi connectivity index (χ1) is 15.6. The van der Waals surface area contributed by atoms with Gasteiger partial charge in [0.05, 0.1) is 36.5 Å². The number of aromatic nitrogens is 3. The zero-order chi connectivity index (χ0) is 22.9. The van der Waals surface area contributed by atoms with Crippen LogP contribution in [0.2, 0.25) is 0 Å². The molecule has 0 saturated heterocycles. The van der Waals surface area contributed by atoms with Crippen LogP contribution < -0.4 is 4.74 Å². The van der Waals surface area contributed by atoms with Crippen molar-refractivity contribution in [2.45, 2.75) is 39.5 Å². The number of carbonyl (C=O) groups excluding carboxylic acids is 1. The third kappa shape index (κ3) is 5.46. The summed E-state index contributed by atoms with van der Waals surface area (Å²) in [6, 6.07) is 7.77. The molecule has 0 aliphatic rings. The van der Waals surface area contributed by atoms with Gasteiger partial charge in [-0.3, -0.25) is 0 Å². The lowest BCUT2D eigenvalue weighted by Crippen LogP contribution is -2.17. The highest BCUT2D eigenvalue weighted by Gasteiger charge is 2.22. The lowest BCUT2D eigenvalue weighted by Gasteiger charge is -2.19. The molecule has 0 bridgehead atoms. The number of imidazole rings is 1. The maximum atomic E-state index is 11.9. The minimum absolute atomic E-state index is 0.0899. The number of hydrogen-bond acceptors (Lipinski definition) is 8. The van der Waals surface area contributed by atoms with Crippen molar-refractivity contribution in [1.29, 1.82) is 0 Å². The van der Waals surface area contributed by atoms with Gasteiger partial charge in [0.1, 0.15) is 6.61 Å². The molecule has 3 aromatic rings. The molecule has 2 heterocycles. The number of rotatable bonds is 12. The van der Waals surface area contributed by atoms with Crippen LogP contribution in [0.25, 0.3) is 16.8 Å². The topological polar surface area (TPSA) is 93.4 Å². The summed E-state index contributed by atoms with van der Waals surface area (Å²) in [7, 11) is 1.59. The normalized spacial score (nSPS) is 12.2. The molecule has 3 rings (SSSR count). The fraction of sp³-hybridized carbons (Fsp3) is 0.522. The largest absolute Gasteiger partial charge is 0.511 e. The molecular weight excluding hydrogens is 414 g/mol. The predicted octanol–water partition coefficient (Wildman–Crippen LogP) is 4.11. The third-order valence-electron chi connectivity index (χ3n) is 5.22. The van der Waals surface area contributed by atoms with Crippen LogP contribution in [0.15, 0.2) is 24.3 Å². The summed E-state index contributed by atoms with van der Waals surface area (Å²) in [5, 5.41) is 0. The molecule has 174 valence electrons. The molecule has 2 aromatic heterocycles. The highest BCUT2D eigenvalue weighted by atomic mass is 16.8. The van der Waals surface area contributed by atoms with E-state index in [9.17, 15) is 4.79 Å². The molecule has 0 saturated carbocycles. The highest BCUT2D eigenvalue weighted by Crippen LogP contribution is 2.32. The van der Waals surface area contributed by atoms with E-state index in [1.54, 1.807) is 7.11 Å². The molecule has 9 nitrogen and oxygen atoms in total. The second-order valence-electron chi connectivity index (χ2n) is 7.29. The van der Waals surface area contributed by atoms with Gasteiger partial charge >= 0.3 is 6.16 Å². The van der Waals surface area contributed by atoms with Crippen LogP contribution in [-0.2, 0) is 25.4 Å². The van der Waals surface area contributed by atoms with Crippen molar-refractivity contribution in [3.8, 4) is 5.88 Å². The summed E-state index contributed by atoms with van der Waals surface area (Å²) in [4.78, 5) is 21.4. The maximum absolute atomic E-state index is 11.9. The third-order valence-corrected chi connectivity index (χ3v) is 5.22. The van der Waals surface area contributed by atoms with E-state index < -0.39 is 6.16 Å². The van der Waals surface area contributed by atoms with E-state index in [0.717, 1.165) is 28.7 Å². The van der Waals surface area contributed by atoms with E-state index >= 15 is 0 Å². The van der Waals surface area contributed by atoms with Gasteiger partial charge in [-0.05, 0) is 30.9 Å². The van der Waals surface area contributed by atoms with Crippen LogP contribution in [-0.4, -0.2) is 60.9 Å². The van der Waals surface area contributed by atoms with Gasteiger partial charge in [-0.2, -0.15) is 0 Å². The predicted molar refractivity (Wildman–Crippen MR) is 119 cm³/mol. The van der Waals surface area contributed by atoms with Crippen molar-refractivity contribution in [2.24, 2.45) is 0 Å². The fourth-order valence-electron chi connectivity index (χ4n) is 3.40. The first kappa shape index (κ1) is 23.7. The van der Waals surface area contributed by atoms with E-state index in [1.165, 1.54) is 0 Å². The molecule has 0 N–H and O–H groups in total. The Morgan fingerprint density at radius 2 is 1.84 bits per heavy atom. The number of carbonyl (C=O) groups is 1. The Morgan fingerprint density at radius 3 is 2.59 bits per heavy atom. The molecule has 1 aromatic carbocycles. The number of methoxy groups -OCH3 is 1. The summed E-state index contributed by atoms with van der Waals surface area (Å²) in [6.07, 6.45) is 0.833. The van der Waals surface area contributed by atoms with Crippen molar-refractivity contribution in [1.82, 2.24) is 14.4 Å². The number of fused-ring (bicyclic) bond motifs is 3. The first-order valence-electron chi connectivity index (χ1n) is 10.9. The Hall–Kier alpha value is -2.91. The zero-order valence-electron chi connectivity index (χ0n) is 19.1. The molecule has 1 unspecified atom stereocenters. The molecule has 9 heteroatoms. The van der Waals surface area contributed by atoms with E-state index in [0.29, 0.717) is 31.3 Å². The van der Waals surface area contributed by atoms with Crippen molar-refractivity contribution in [3.63, 3.8) is 0 Å². The van der Waals surface area contributed by atoms with Crippen LogP contribution in [0.3, 0.4) is 0 Å². The molecule has 0 spiro atoms. The molecular formula is C23H31N3O6. The van der Waals surface area contributed by atoms with Crippen molar-refractivity contribution in [2.75, 3.05) is 40.3 Å². The van der Waals surface area contributed by atoms with Gasteiger partial charge in [0.25, 0.3) is 0 Å². The maximum Gasteiger partial charge on any atom is 0.511 e. The minimum atomic E-state index is -0.818. The van der Waals surface area contributed by atoms with Gasteiger partial charge in [-0.15, -0.1) is 0 Å². The van der Waals surface area contributed by atoms with E-state index in [4.69, 9.17) is 28.7 Å². The number of nitrogens with zero attached hydrogens (tertiary/aromatic N) is 3. The Kier molecular flexibility index (Phi) is 8.64. The lowest BCUT2D eigenvalue weighted by molar-refractivity contribution is -0.0135. The van der Waals surface area contributed by atoms with Crippen LogP contribution in [0, 0.1) is 0 Å². The summed E-state index contributed by atoms with van der Waals surface area (Å²) in [5.74, 6) is 1.38. The van der Waals surface area contributed by atoms with E-state index in [-0.39, 0.29) is 25.9 Å². The molecule has 0 aliphatic heterocycles. The van der Waals surface area contributed by atoms with Crippen LogP contribution >= 0.6 is 0 Å². The van der Waals surface area contributed by atoms with E-state index in [1.807, 2.05) is 28.7 Å². The second-order valence-corrected chi connectivity index (χ2v) is 7.29. The van der Waals surface area contributed by atoms with Crippen molar-refractivity contribution in [3.05, 3.63) is 35.5 Å².